The minimum absolute atomic E-state index is 0.0493. The maximum absolute atomic E-state index is 12.8. The van der Waals surface area contributed by atoms with E-state index in [-0.39, 0.29) is 24.3 Å². The van der Waals surface area contributed by atoms with Gasteiger partial charge in [-0.15, -0.1) is 0 Å². The maximum Gasteiger partial charge on any atom is 0.306 e. The number of methoxy groups -OCH3 is 1. The number of sulfonamides is 1. The Hall–Kier alpha value is -2.98. The van der Waals surface area contributed by atoms with E-state index in [1.165, 1.54) is 50.6 Å². The van der Waals surface area contributed by atoms with E-state index in [0.717, 1.165) is 4.31 Å². The zero-order valence-electron chi connectivity index (χ0n) is 16.6. The highest BCUT2D eigenvalue weighted by Gasteiger charge is 2.20. The number of ether oxygens (including phenoxy) is 2. The van der Waals surface area contributed by atoms with Crippen LogP contribution in [0, 0.1) is 5.82 Å². The number of hydrogen-bond acceptors (Lipinski definition) is 6. The second-order valence-corrected chi connectivity index (χ2v) is 8.37. The van der Waals surface area contributed by atoms with Crippen molar-refractivity contribution in [3.8, 4) is 5.75 Å². The van der Waals surface area contributed by atoms with Crippen LogP contribution < -0.4 is 10.1 Å². The Kier molecular flexibility index (Phi) is 8.31. The van der Waals surface area contributed by atoms with E-state index >= 15 is 0 Å². The van der Waals surface area contributed by atoms with Gasteiger partial charge in [0.05, 0.1) is 12.0 Å². The number of halogens is 1. The van der Waals surface area contributed by atoms with Crippen LogP contribution in [-0.2, 0) is 24.3 Å². The van der Waals surface area contributed by atoms with Crippen molar-refractivity contribution in [3.05, 3.63) is 54.3 Å². The summed E-state index contributed by atoms with van der Waals surface area (Å²) >= 11 is 0. The summed E-state index contributed by atoms with van der Waals surface area (Å²) in [5.41, 5.74) is 0.378. The molecule has 0 spiro atoms. The van der Waals surface area contributed by atoms with Crippen LogP contribution in [0.5, 0.6) is 5.75 Å². The number of esters is 1. The first kappa shape index (κ1) is 23.3. The average Bonchev–Trinajstić information content (AvgIpc) is 2.73. The highest BCUT2D eigenvalue weighted by atomic mass is 32.2. The summed E-state index contributed by atoms with van der Waals surface area (Å²) in [5, 5.41) is 2.47. The molecule has 1 N–H and O–H groups in total. The van der Waals surface area contributed by atoms with Gasteiger partial charge >= 0.3 is 5.97 Å². The summed E-state index contributed by atoms with van der Waals surface area (Å²) in [4.78, 5) is 23.6. The van der Waals surface area contributed by atoms with Gasteiger partial charge in [0.15, 0.2) is 6.61 Å². The Labute approximate surface area is 174 Å². The molecule has 10 heteroatoms. The first-order valence-electron chi connectivity index (χ1n) is 9.04. The second-order valence-electron chi connectivity index (χ2n) is 6.32. The van der Waals surface area contributed by atoms with Crippen molar-refractivity contribution in [2.24, 2.45) is 0 Å². The molecular formula is C20H23FN2O6S. The first-order valence-corrected chi connectivity index (χ1v) is 10.5. The van der Waals surface area contributed by atoms with Gasteiger partial charge in [-0.25, -0.2) is 17.1 Å². The number of amides is 1. The SMILES string of the molecule is COc1ccc(S(=O)(=O)N(C)CCCC(=O)OCC(=O)Nc2ccc(F)cc2)cc1. The third-order valence-electron chi connectivity index (χ3n) is 4.11. The third-order valence-corrected chi connectivity index (χ3v) is 5.98. The monoisotopic (exact) mass is 438 g/mol. The van der Waals surface area contributed by atoms with E-state index in [4.69, 9.17) is 9.47 Å². The van der Waals surface area contributed by atoms with Crippen LogP contribution in [-0.4, -0.2) is 51.9 Å². The molecule has 0 atom stereocenters. The number of carbonyl (C=O) groups is 2. The van der Waals surface area contributed by atoms with E-state index in [0.29, 0.717) is 11.4 Å². The van der Waals surface area contributed by atoms with Crippen molar-refractivity contribution in [1.82, 2.24) is 4.31 Å². The first-order chi connectivity index (χ1) is 14.2. The lowest BCUT2D eigenvalue weighted by molar-refractivity contribution is -0.147. The lowest BCUT2D eigenvalue weighted by Gasteiger charge is -2.17. The van der Waals surface area contributed by atoms with Crippen molar-refractivity contribution < 1.29 is 31.9 Å². The molecule has 2 aromatic carbocycles. The van der Waals surface area contributed by atoms with Crippen LogP contribution >= 0.6 is 0 Å². The minimum Gasteiger partial charge on any atom is -0.497 e. The number of anilines is 1. The standard InChI is InChI=1S/C20H23FN2O6S/c1-23(30(26,27)18-11-9-17(28-2)10-12-18)13-3-4-20(25)29-14-19(24)22-16-7-5-15(21)6-8-16/h5-12H,3-4,13-14H2,1-2H3,(H,22,24). The quantitative estimate of drug-likeness (QED) is 0.572. The largest absolute Gasteiger partial charge is 0.497 e. The van der Waals surface area contributed by atoms with Crippen molar-refractivity contribution in [3.63, 3.8) is 0 Å². The fourth-order valence-electron chi connectivity index (χ4n) is 2.44. The molecule has 8 nitrogen and oxygen atoms in total. The van der Waals surface area contributed by atoms with Gasteiger partial charge in [0.1, 0.15) is 11.6 Å². The van der Waals surface area contributed by atoms with E-state index in [9.17, 15) is 22.4 Å². The Morgan fingerprint density at radius 2 is 1.70 bits per heavy atom. The van der Waals surface area contributed by atoms with Gasteiger partial charge in [-0.05, 0) is 55.0 Å². The zero-order chi connectivity index (χ0) is 22.1. The van der Waals surface area contributed by atoms with E-state index in [2.05, 4.69) is 5.32 Å². The molecule has 0 aliphatic carbocycles. The topological polar surface area (TPSA) is 102 Å². The Morgan fingerprint density at radius 3 is 2.30 bits per heavy atom. The molecule has 0 radical (unpaired) electrons. The molecule has 0 unspecified atom stereocenters. The Morgan fingerprint density at radius 1 is 1.07 bits per heavy atom. The Bertz CT molecular complexity index is 962. The highest BCUT2D eigenvalue weighted by molar-refractivity contribution is 7.89. The molecule has 1 amide bonds. The lowest BCUT2D eigenvalue weighted by Crippen LogP contribution is -2.28. The van der Waals surface area contributed by atoms with Gasteiger partial charge in [-0.1, -0.05) is 0 Å². The second kappa shape index (κ2) is 10.7. The molecule has 162 valence electrons. The van der Waals surface area contributed by atoms with Crippen molar-refractivity contribution in [1.29, 1.82) is 0 Å². The molecule has 30 heavy (non-hydrogen) atoms. The molecule has 0 aliphatic heterocycles. The average molecular weight is 438 g/mol. The van der Waals surface area contributed by atoms with E-state index in [1.54, 1.807) is 12.1 Å². The number of carbonyl (C=O) groups excluding carboxylic acids is 2. The normalized spacial score (nSPS) is 11.2. The van der Waals surface area contributed by atoms with Crippen molar-refractivity contribution >= 4 is 27.6 Å². The van der Waals surface area contributed by atoms with Gasteiger partial charge in [0.2, 0.25) is 10.0 Å². The molecule has 0 heterocycles. The number of rotatable bonds is 10. The predicted molar refractivity (Wildman–Crippen MR) is 108 cm³/mol. The highest BCUT2D eigenvalue weighted by Crippen LogP contribution is 2.19. The maximum atomic E-state index is 12.8. The molecule has 0 saturated heterocycles. The number of nitrogens with one attached hydrogen (secondary N) is 1. The van der Waals surface area contributed by atoms with Gasteiger partial charge in [0.25, 0.3) is 5.91 Å². The molecule has 0 bridgehead atoms. The predicted octanol–water partition coefficient (Wildman–Crippen LogP) is 2.42. The van der Waals surface area contributed by atoms with Crippen molar-refractivity contribution in [2.45, 2.75) is 17.7 Å². The summed E-state index contributed by atoms with van der Waals surface area (Å²) in [6.07, 6.45) is 0.177. The summed E-state index contributed by atoms with van der Waals surface area (Å²) in [7, 11) is -0.786. The van der Waals surface area contributed by atoms with Crippen LogP contribution in [0.15, 0.2) is 53.4 Å². The van der Waals surface area contributed by atoms with Crippen LogP contribution in [0.4, 0.5) is 10.1 Å². The molecule has 0 aromatic heterocycles. The molecule has 0 fully saturated rings. The van der Waals surface area contributed by atoms with Crippen LogP contribution in [0.25, 0.3) is 0 Å². The zero-order valence-corrected chi connectivity index (χ0v) is 17.4. The smallest absolute Gasteiger partial charge is 0.306 e. The van der Waals surface area contributed by atoms with Crippen LogP contribution in [0.1, 0.15) is 12.8 Å². The summed E-state index contributed by atoms with van der Waals surface area (Å²) in [6.45, 7) is -0.387. The van der Waals surface area contributed by atoms with Crippen LogP contribution in [0.3, 0.4) is 0 Å². The molecule has 2 rings (SSSR count). The van der Waals surface area contributed by atoms with Gasteiger partial charge < -0.3 is 14.8 Å². The van der Waals surface area contributed by atoms with Gasteiger partial charge in [0, 0.05) is 25.7 Å². The van der Waals surface area contributed by atoms with Gasteiger partial charge in [-0.2, -0.15) is 0 Å². The summed E-state index contributed by atoms with van der Waals surface area (Å²) in [5.74, 6) is -1.07. The van der Waals surface area contributed by atoms with E-state index in [1.807, 2.05) is 0 Å². The van der Waals surface area contributed by atoms with Gasteiger partial charge in [-0.3, -0.25) is 9.59 Å². The number of nitrogens with zero attached hydrogens (tertiary/aromatic N) is 1. The molecule has 0 saturated carbocycles. The fourth-order valence-corrected chi connectivity index (χ4v) is 3.65. The van der Waals surface area contributed by atoms with E-state index < -0.39 is 34.3 Å². The fraction of sp³-hybridized carbons (Fsp3) is 0.300. The molecule has 0 aliphatic rings. The summed E-state index contributed by atoms with van der Waals surface area (Å²) < 4.78 is 48.9. The van der Waals surface area contributed by atoms with Crippen molar-refractivity contribution in [2.75, 3.05) is 32.6 Å². The lowest BCUT2D eigenvalue weighted by atomic mass is 10.3. The molecule has 2 aromatic rings. The number of benzene rings is 2. The molecular weight excluding hydrogens is 415 g/mol. The number of hydrogen-bond donors (Lipinski definition) is 1. The van der Waals surface area contributed by atoms with Crippen LogP contribution in [0.2, 0.25) is 0 Å². The minimum atomic E-state index is -3.69. The third kappa shape index (κ3) is 6.82. The summed E-state index contributed by atoms with van der Waals surface area (Å²) in [6, 6.07) is 11.1. The Balaban J connectivity index is 1.73.